The number of carboxylic acids is 1. The number of carboxylic acid groups (broad SMARTS) is 1. The van der Waals surface area contributed by atoms with Crippen LogP contribution < -0.4 is 5.32 Å². The molecule has 4 heteroatoms. The van der Waals surface area contributed by atoms with E-state index >= 15 is 0 Å². The second-order valence-electron chi connectivity index (χ2n) is 5.25. The van der Waals surface area contributed by atoms with Crippen LogP contribution in [0.25, 0.3) is 0 Å². The fraction of sp³-hybridized carbons (Fsp3) is 0.643. The second-order valence-corrected chi connectivity index (χ2v) is 6.51. The van der Waals surface area contributed by atoms with Gasteiger partial charge in [0, 0.05) is 17.5 Å². The summed E-state index contributed by atoms with van der Waals surface area (Å²) in [7, 11) is 0. The van der Waals surface area contributed by atoms with Gasteiger partial charge in [0.05, 0.1) is 0 Å². The van der Waals surface area contributed by atoms with Crippen molar-refractivity contribution in [2.24, 2.45) is 5.92 Å². The highest BCUT2D eigenvalue weighted by molar-refractivity contribution is 7.14. The minimum atomic E-state index is -0.831. The van der Waals surface area contributed by atoms with Crippen LogP contribution in [0.3, 0.4) is 0 Å². The van der Waals surface area contributed by atoms with Crippen LogP contribution in [-0.4, -0.2) is 17.1 Å². The Labute approximate surface area is 113 Å². The van der Waals surface area contributed by atoms with Crippen LogP contribution in [-0.2, 0) is 6.54 Å². The Hall–Kier alpha value is -0.870. The molecular weight excluding hydrogens is 246 g/mol. The molecule has 0 amide bonds. The minimum Gasteiger partial charge on any atom is -0.477 e. The molecule has 0 saturated carbocycles. The molecule has 1 unspecified atom stereocenters. The summed E-state index contributed by atoms with van der Waals surface area (Å²) in [5, 5.41) is 12.4. The highest BCUT2D eigenvalue weighted by Crippen LogP contribution is 2.21. The normalized spacial score (nSPS) is 12.9. The SMILES string of the molecule is Cc1sc(C(=O)O)cc1CNC(C)CCC(C)C. The van der Waals surface area contributed by atoms with E-state index in [4.69, 9.17) is 5.11 Å². The number of thiophene rings is 1. The Kier molecular flexibility index (Phi) is 5.82. The van der Waals surface area contributed by atoms with Crippen LogP contribution in [0.2, 0.25) is 0 Å². The molecule has 1 aromatic rings. The van der Waals surface area contributed by atoms with Crippen molar-refractivity contribution in [2.75, 3.05) is 0 Å². The summed E-state index contributed by atoms with van der Waals surface area (Å²) in [5.41, 5.74) is 1.11. The topological polar surface area (TPSA) is 49.3 Å². The second kappa shape index (κ2) is 6.90. The lowest BCUT2D eigenvalue weighted by molar-refractivity contribution is 0.0702. The van der Waals surface area contributed by atoms with Crippen LogP contribution in [0, 0.1) is 12.8 Å². The van der Waals surface area contributed by atoms with E-state index in [1.165, 1.54) is 17.8 Å². The lowest BCUT2D eigenvalue weighted by Crippen LogP contribution is -2.25. The molecule has 0 aliphatic rings. The van der Waals surface area contributed by atoms with Gasteiger partial charge in [-0.3, -0.25) is 0 Å². The van der Waals surface area contributed by atoms with Crippen LogP contribution in [0.15, 0.2) is 6.07 Å². The van der Waals surface area contributed by atoms with Gasteiger partial charge in [0.25, 0.3) is 0 Å². The molecule has 0 bridgehead atoms. The zero-order valence-electron chi connectivity index (χ0n) is 11.6. The maximum atomic E-state index is 10.9. The third-order valence-corrected chi connectivity index (χ3v) is 4.13. The first-order valence-electron chi connectivity index (χ1n) is 6.46. The molecule has 2 N–H and O–H groups in total. The molecule has 0 spiro atoms. The highest BCUT2D eigenvalue weighted by atomic mass is 32.1. The van der Waals surface area contributed by atoms with Gasteiger partial charge in [0.2, 0.25) is 0 Å². The zero-order chi connectivity index (χ0) is 13.7. The summed E-state index contributed by atoms with van der Waals surface area (Å²) in [4.78, 5) is 12.4. The van der Waals surface area contributed by atoms with Crippen molar-refractivity contribution in [3.8, 4) is 0 Å². The molecule has 1 heterocycles. The quantitative estimate of drug-likeness (QED) is 0.794. The van der Waals surface area contributed by atoms with E-state index in [1.54, 1.807) is 6.07 Å². The van der Waals surface area contributed by atoms with Gasteiger partial charge < -0.3 is 10.4 Å². The fourth-order valence-corrected chi connectivity index (χ4v) is 2.65. The van der Waals surface area contributed by atoms with Crippen molar-refractivity contribution in [3.63, 3.8) is 0 Å². The van der Waals surface area contributed by atoms with Crippen molar-refractivity contribution < 1.29 is 9.90 Å². The molecule has 18 heavy (non-hydrogen) atoms. The molecular formula is C14H23NO2S. The molecule has 0 aliphatic carbocycles. The number of hydrogen-bond acceptors (Lipinski definition) is 3. The lowest BCUT2D eigenvalue weighted by atomic mass is 10.0. The molecule has 3 nitrogen and oxygen atoms in total. The fourth-order valence-electron chi connectivity index (χ4n) is 1.77. The van der Waals surface area contributed by atoms with Crippen molar-refractivity contribution in [1.82, 2.24) is 5.32 Å². The number of nitrogens with one attached hydrogen (secondary N) is 1. The molecule has 0 fully saturated rings. The predicted molar refractivity (Wildman–Crippen MR) is 76.4 cm³/mol. The summed E-state index contributed by atoms with van der Waals surface area (Å²) in [6, 6.07) is 2.25. The van der Waals surface area contributed by atoms with Crippen LogP contribution in [0.1, 0.15) is 53.7 Å². The third-order valence-electron chi connectivity index (χ3n) is 3.05. The summed E-state index contributed by atoms with van der Waals surface area (Å²) in [6.45, 7) is 9.38. The molecule has 1 atom stereocenters. The van der Waals surface area contributed by atoms with Crippen molar-refractivity contribution in [2.45, 2.75) is 53.1 Å². The minimum absolute atomic E-state index is 0.430. The average molecular weight is 269 g/mol. The van der Waals surface area contributed by atoms with E-state index in [0.29, 0.717) is 10.9 Å². The monoisotopic (exact) mass is 269 g/mol. The van der Waals surface area contributed by atoms with E-state index in [0.717, 1.165) is 29.3 Å². The largest absolute Gasteiger partial charge is 0.477 e. The van der Waals surface area contributed by atoms with E-state index in [-0.39, 0.29) is 0 Å². The molecule has 0 aliphatic heterocycles. The Balaban J connectivity index is 2.45. The highest BCUT2D eigenvalue weighted by Gasteiger charge is 2.11. The number of rotatable bonds is 7. The molecule has 0 radical (unpaired) electrons. The lowest BCUT2D eigenvalue weighted by Gasteiger charge is -2.14. The first-order chi connectivity index (χ1) is 8.40. The Morgan fingerprint density at radius 1 is 1.39 bits per heavy atom. The maximum absolute atomic E-state index is 10.9. The van der Waals surface area contributed by atoms with E-state index in [9.17, 15) is 4.79 Å². The van der Waals surface area contributed by atoms with Gasteiger partial charge in [-0.05, 0) is 44.2 Å². The molecule has 0 saturated heterocycles. The number of aryl methyl sites for hydroxylation is 1. The molecule has 102 valence electrons. The predicted octanol–water partition coefficient (Wildman–Crippen LogP) is 3.67. The van der Waals surface area contributed by atoms with Gasteiger partial charge in [-0.1, -0.05) is 13.8 Å². The molecule has 1 aromatic heterocycles. The van der Waals surface area contributed by atoms with Gasteiger partial charge in [-0.15, -0.1) is 11.3 Å². The van der Waals surface area contributed by atoms with Gasteiger partial charge in [0.15, 0.2) is 0 Å². The van der Waals surface area contributed by atoms with Gasteiger partial charge in [-0.25, -0.2) is 4.79 Å². The van der Waals surface area contributed by atoms with Crippen LogP contribution in [0.4, 0.5) is 0 Å². The first kappa shape index (κ1) is 15.2. The van der Waals surface area contributed by atoms with E-state index in [1.807, 2.05) is 6.92 Å². The molecule has 0 aromatic carbocycles. The van der Waals surface area contributed by atoms with Crippen molar-refractivity contribution in [3.05, 3.63) is 21.4 Å². The number of hydrogen-bond donors (Lipinski definition) is 2. The zero-order valence-corrected chi connectivity index (χ0v) is 12.4. The smallest absolute Gasteiger partial charge is 0.345 e. The first-order valence-corrected chi connectivity index (χ1v) is 7.27. The third kappa shape index (κ3) is 4.78. The summed E-state index contributed by atoms with van der Waals surface area (Å²) < 4.78 is 0. The van der Waals surface area contributed by atoms with Crippen LogP contribution in [0.5, 0.6) is 0 Å². The summed E-state index contributed by atoms with van der Waals surface area (Å²) in [6.07, 6.45) is 2.38. The van der Waals surface area contributed by atoms with Gasteiger partial charge in [0.1, 0.15) is 4.88 Å². The Morgan fingerprint density at radius 3 is 2.56 bits per heavy atom. The molecule has 1 rings (SSSR count). The summed E-state index contributed by atoms with van der Waals surface area (Å²) in [5.74, 6) is -0.0991. The summed E-state index contributed by atoms with van der Waals surface area (Å²) >= 11 is 1.35. The average Bonchev–Trinajstić information content (AvgIpc) is 2.65. The van der Waals surface area contributed by atoms with Gasteiger partial charge in [-0.2, -0.15) is 0 Å². The standard InChI is InChI=1S/C14H23NO2S/c1-9(2)5-6-10(3)15-8-12-7-13(14(16)17)18-11(12)4/h7,9-10,15H,5-6,8H2,1-4H3,(H,16,17). The maximum Gasteiger partial charge on any atom is 0.345 e. The van der Waals surface area contributed by atoms with Crippen molar-refractivity contribution in [1.29, 1.82) is 0 Å². The van der Waals surface area contributed by atoms with E-state index < -0.39 is 5.97 Å². The van der Waals surface area contributed by atoms with Crippen LogP contribution >= 0.6 is 11.3 Å². The van der Waals surface area contributed by atoms with Gasteiger partial charge >= 0.3 is 5.97 Å². The Morgan fingerprint density at radius 2 is 2.06 bits per heavy atom. The number of aromatic carboxylic acids is 1. The van der Waals surface area contributed by atoms with Crippen molar-refractivity contribution >= 4 is 17.3 Å². The van der Waals surface area contributed by atoms with E-state index in [2.05, 4.69) is 26.1 Å². The Bertz CT molecular complexity index is 398. The number of carbonyl (C=O) groups is 1.